The molecule has 9 heteroatoms. The highest BCUT2D eigenvalue weighted by atomic mass is 19.4. The lowest BCUT2D eigenvalue weighted by Gasteiger charge is -2.37. The van der Waals surface area contributed by atoms with Crippen LogP contribution >= 0.6 is 0 Å². The summed E-state index contributed by atoms with van der Waals surface area (Å²) in [5.41, 5.74) is 1.81. The van der Waals surface area contributed by atoms with Crippen molar-refractivity contribution in [1.29, 1.82) is 0 Å². The number of dihydropyridines is 1. The Morgan fingerprint density at radius 3 is 2.32 bits per heavy atom. The Hall–Kier alpha value is -4.53. The van der Waals surface area contributed by atoms with E-state index in [2.05, 4.69) is 10.6 Å². The molecule has 1 aliphatic carbocycles. The molecule has 0 saturated heterocycles. The van der Waals surface area contributed by atoms with E-state index in [0.717, 1.165) is 11.6 Å². The van der Waals surface area contributed by atoms with E-state index in [1.165, 1.54) is 32.4 Å². The highest BCUT2D eigenvalue weighted by Crippen LogP contribution is 2.49. The SMILES string of the molecule is COc1cccc(C2C(C(=O)Nc3ccccc3C(F)(F)F)=C(C)NC3=C2C(=O)CC(c2ccccc2)C3)c1OC. The second-order valence-corrected chi connectivity index (χ2v) is 10.0. The number of para-hydroxylation sites is 2. The Bertz CT molecular complexity index is 1560. The van der Waals surface area contributed by atoms with Crippen molar-refractivity contribution in [2.24, 2.45) is 0 Å². The minimum absolute atomic E-state index is 0.0651. The van der Waals surface area contributed by atoms with Gasteiger partial charge in [0, 0.05) is 34.5 Å². The average Bonchev–Trinajstić information content (AvgIpc) is 2.95. The van der Waals surface area contributed by atoms with Crippen LogP contribution in [0.15, 0.2) is 95.3 Å². The standard InChI is InChI=1S/C32H29F3N2O4/c1-18-27(31(39)37-23-14-8-7-13-22(23)32(33,34)35)28(21-12-9-15-26(40-2)30(21)41-3)29-24(36-18)16-20(17-25(29)38)19-10-5-4-6-11-19/h4-15,20,28,36H,16-17H2,1-3H3,(H,37,39). The number of hydrogen-bond donors (Lipinski definition) is 2. The van der Waals surface area contributed by atoms with Gasteiger partial charge in [-0.15, -0.1) is 0 Å². The van der Waals surface area contributed by atoms with Crippen LogP contribution in [-0.2, 0) is 15.8 Å². The number of anilines is 1. The molecule has 5 rings (SSSR count). The second-order valence-electron chi connectivity index (χ2n) is 10.0. The number of halogens is 3. The maximum Gasteiger partial charge on any atom is 0.418 e. The maximum absolute atomic E-state index is 13.9. The lowest BCUT2D eigenvalue weighted by Crippen LogP contribution is -2.37. The molecule has 1 aliphatic heterocycles. The summed E-state index contributed by atoms with van der Waals surface area (Å²) < 4.78 is 52.4. The van der Waals surface area contributed by atoms with Gasteiger partial charge in [-0.25, -0.2) is 0 Å². The van der Waals surface area contributed by atoms with Gasteiger partial charge in [0.2, 0.25) is 0 Å². The predicted molar refractivity (Wildman–Crippen MR) is 149 cm³/mol. The van der Waals surface area contributed by atoms with Crippen LogP contribution in [0.5, 0.6) is 11.5 Å². The van der Waals surface area contributed by atoms with Crippen molar-refractivity contribution in [3.8, 4) is 11.5 Å². The third-order valence-corrected chi connectivity index (χ3v) is 7.57. The van der Waals surface area contributed by atoms with Gasteiger partial charge in [0.05, 0.1) is 31.4 Å². The molecule has 0 bridgehead atoms. The number of nitrogens with one attached hydrogen (secondary N) is 2. The van der Waals surface area contributed by atoms with Crippen LogP contribution in [0.2, 0.25) is 0 Å². The molecule has 0 aromatic heterocycles. The number of Topliss-reactive ketones (excluding diaryl/α,β-unsaturated/α-hetero) is 1. The van der Waals surface area contributed by atoms with Gasteiger partial charge in [-0.3, -0.25) is 9.59 Å². The normalized spacial score (nSPS) is 18.9. The molecule has 6 nitrogen and oxygen atoms in total. The molecule has 0 spiro atoms. The van der Waals surface area contributed by atoms with E-state index in [4.69, 9.17) is 9.47 Å². The van der Waals surface area contributed by atoms with E-state index in [-0.39, 0.29) is 29.4 Å². The monoisotopic (exact) mass is 562 g/mol. The van der Waals surface area contributed by atoms with Crippen molar-refractivity contribution in [1.82, 2.24) is 5.32 Å². The van der Waals surface area contributed by atoms with Gasteiger partial charge in [-0.05, 0) is 43.0 Å². The lowest BCUT2D eigenvalue weighted by molar-refractivity contribution is -0.137. The molecular weight excluding hydrogens is 533 g/mol. The molecule has 0 radical (unpaired) electrons. The molecule has 0 fully saturated rings. The summed E-state index contributed by atoms with van der Waals surface area (Å²) in [6.07, 6.45) is -3.93. The molecule has 2 atom stereocenters. The fourth-order valence-electron chi connectivity index (χ4n) is 5.78. The summed E-state index contributed by atoms with van der Waals surface area (Å²) in [6, 6.07) is 19.7. The second kappa shape index (κ2) is 11.2. The zero-order valence-electron chi connectivity index (χ0n) is 22.8. The van der Waals surface area contributed by atoms with E-state index in [1.54, 1.807) is 25.1 Å². The van der Waals surface area contributed by atoms with Crippen molar-refractivity contribution in [3.05, 3.63) is 112 Å². The van der Waals surface area contributed by atoms with Crippen molar-refractivity contribution < 1.29 is 32.2 Å². The number of methoxy groups -OCH3 is 2. The summed E-state index contributed by atoms with van der Waals surface area (Å²) >= 11 is 0. The van der Waals surface area contributed by atoms with E-state index >= 15 is 0 Å². The first-order valence-corrected chi connectivity index (χ1v) is 13.1. The zero-order chi connectivity index (χ0) is 29.3. The molecule has 1 heterocycles. The van der Waals surface area contributed by atoms with Crippen LogP contribution < -0.4 is 20.1 Å². The topological polar surface area (TPSA) is 76.7 Å². The predicted octanol–water partition coefficient (Wildman–Crippen LogP) is 6.72. The smallest absolute Gasteiger partial charge is 0.418 e. The molecule has 2 aliphatic rings. The van der Waals surface area contributed by atoms with E-state index in [0.29, 0.717) is 40.5 Å². The number of ketones is 1. The molecule has 212 valence electrons. The quantitative estimate of drug-likeness (QED) is 0.349. The van der Waals surface area contributed by atoms with Gasteiger partial charge in [0.25, 0.3) is 5.91 Å². The van der Waals surface area contributed by atoms with Crippen molar-refractivity contribution in [3.63, 3.8) is 0 Å². The first kappa shape index (κ1) is 28.0. The van der Waals surface area contributed by atoms with Crippen LogP contribution in [0.1, 0.15) is 48.3 Å². The number of amides is 1. The molecule has 1 amide bonds. The molecule has 3 aromatic rings. The summed E-state index contributed by atoms with van der Waals surface area (Å²) in [5, 5.41) is 5.72. The number of hydrogen-bond acceptors (Lipinski definition) is 5. The maximum atomic E-state index is 13.9. The summed E-state index contributed by atoms with van der Waals surface area (Å²) in [6.45, 7) is 1.69. The minimum Gasteiger partial charge on any atom is -0.493 e. The average molecular weight is 563 g/mol. The van der Waals surface area contributed by atoms with Gasteiger partial charge in [-0.1, -0.05) is 54.6 Å². The Morgan fingerprint density at radius 1 is 0.927 bits per heavy atom. The highest BCUT2D eigenvalue weighted by molar-refractivity contribution is 6.10. The van der Waals surface area contributed by atoms with Gasteiger partial charge < -0.3 is 20.1 Å². The van der Waals surface area contributed by atoms with Crippen LogP contribution in [-0.4, -0.2) is 25.9 Å². The van der Waals surface area contributed by atoms with Gasteiger partial charge in [0.1, 0.15) is 0 Å². The zero-order valence-corrected chi connectivity index (χ0v) is 22.8. The number of carbonyl (C=O) groups is 2. The van der Waals surface area contributed by atoms with E-state index in [9.17, 15) is 22.8 Å². The Labute approximate surface area is 235 Å². The summed E-state index contributed by atoms with van der Waals surface area (Å²) in [4.78, 5) is 27.8. The number of alkyl halides is 3. The molecular formula is C32H29F3N2O4. The van der Waals surface area contributed by atoms with Gasteiger partial charge in [-0.2, -0.15) is 13.2 Å². The first-order valence-electron chi connectivity index (χ1n) is 13.1. The van der Waals surface area contributed by atoms with Crippen LogP contribution in [0.25, 0.3) is 0 Å². The number of ether oxygens (including phenoxy) is 2. The van der Waals surface area contributed by atoms with Crippen LogP contribution in [0.3, 0.4) is 0 Å². The number of benzene rings is 3. The largest absolute Gasteiger partial charge is 0.493 e. The van der Waals surface area contributed by atoms with Crippen molar-refractivity contribution >= 4 is 17.4 Å². The lowest BCUT2D eigenvalue weighted by atomic mass is 9.71. The summed E-state index contributed by atoms with van der Waals surface area (Å²) in [5.74, 6) is -1.15. The van der Waals surface area contributed by atoms with Crippen molar-refractivity contribution in [2.75, 3.05) is 19.5 Å². The van der Waals surface area contributed by atoms with Gasteiger partial charge in [0.15, 0.2) is 17.3 Å². The van der Waals surface area contributed by atoms with Crippen LogP contribution in [0.4, 0.5) is 18.9 Å². The number of allylic oxidation sites excluding steroid dienone is 3. The molecule has 2 N–H and O–H groups in total. The Morgan fingerprint density at radius 2 is 1.63 bits per heavy atom. The molecule has 2 unspecified atom stereocenters. The molecule has 0 saturated carbocycles. The molecule has 41 heavy (non-hydrogen) atoms. The first-order chi connectivity index (χ1) is 19.6. The third-order valence-electron chi connectivity index (χ3n) is 7.57. The Kier molecular flexibility index (Phi) is 7.62. The highest BCUT2D eigenvalue weighted by Gasteiger charge is 2.43. The van der Waals surface area contributed by atoms with Crippen LogP contribution in [0, 0.1) is 0 Å². The number of rotatable bonds is 6. The number of carbonyl (C=O) groups excluding carboxylic acids is 2. The van der Waals surface area contributed by atoms with E-state index in [1.807, 2.05) is 30.3 Å². The fourth-order valence-corrected chi connectivity index (χ4v) is 5.78. The summed E-state index contributed by atoms with van der Waals surface area (Å²) in [7, 11) is 2.94. The Balaban J connectivity index is 1.64. The van der Waals surface area contributed by atoms with E-state index < -0.39 is 23.6 Å². The molecule has 3 aromatic carbocycles. The van der Waals surface area contributed by atoms with Gasteiger partial charge >= 0.3 is 6.18 Å². The third kappa shape index (κ3) is 5.31. The fraction of sp³-hybridized carbons (Fsp3) is 0.250. The van der Waals surface area contributed by atoms with Crippen molar-refractivity contribution in [2.45, 2.75) is 37.8 Å². The minimum atomic E-state index is -4.67.